The summed E-state index contributed by atoms with van der Waals surface area (Å²) in [5.74, 6) is -5.10. The summed E-state index contributed by atoms with van der Waals surface area (Å²) in [6.07, 6.45) is 0. The molecule has 0 saturated heterocycles. The second kappa shape index (κ2) is 3.45. The molecule has 4 heteroatoms. The van der Waals surface area contributed by atoms with Crippen LogP contribution < -0.4 is 0 Å². The fourth-order valence-electron chi connectivity index (χ4n) is 2.27. The van der Waals surface area contributed by atoms with Gasteiger partial charge in [-0.1, -0.05) is 36.4 Å². The maximum atomic E-state index is 14.2. The third-order valence-corrected chi connectivity index (χ3v) is 3.08. The van der Waals surface area contributed by atoms with Crippen LogP contribution in [0.2, 0.25) is 0 Å². The van der Waals surface area contributed by atoms with Crippen molar-refractivity contribution in [3.05, 3.63) is 70.5 Å². The second-order valence-corrected chi connectivity index (χ2v) is 4.11. The Morgan fingerprint density at radius 3 is 2.33 bits per heavy atom. The standard InChI is InChI=1S/C14H7F3O/c15-11-7-3-5-9-12(11)14(16,17)10-6-2-1-4-8(10)13(9)18/h1-7H. The van der Waals surface area contributed by atoms with Crippen molar-refractivity contribution in [3.63, 3.8) is 0 Å². The smallest absolute Gasteiger partial charge is 0.289 e. The Kier molecular flexibility index (Phi) is 2.11. The van der Waals surface area contributed by atoms with Crippen molar-refractivity contribution in [2.75, 3.05) is 0 Å². The second-order valence-electron chi connectivity index (χ2n) is 4.11. The van der Waals surface area contributed by atoms with E-state index in [-0.39, 0.29) is 11.1 Å². The lowest BCUT2D eigenvalue weighted by Gasteiger charge is -2.27. The van der Waals surface area contributed by atoms with Gasteiger partial charge >= 0.3 is 5.92 Å². The highest BCUT2D eigenvalue weighted by Gasteiger charge is 2.46. The molecule has 0 atom stereocenters. The van der Waals surface area contributed by atoms with Gasteiger partial charge in [0.1, 0.15) is 5.82 Å². The van der Waals surface area contributed by atoms with E-state index < -0.39 is 28.6 Å². The van der Waals surface area contributed by atoms with Gasteiger partial charge in [-0.2, -0.15) is 8.78 Å². The number of benzene rings is 2. The number of hydrogen-bond acceptors (Lipinski definition) is 1. The zero-order valence-electron chi connectivity index (χ0n) is 9.08. The van der Waals surface area contributed by atoms with Crippen molar-refractivity contribution in [1.82, 2.24) is 0 Å². The maximum absolute atomic E-state index is 14.2. The lowest BCUT2D eigenvalue weighted by Crippen LogP contribution is -2.29. The number of hydrogen-bond donors (Lipinski definition) is 0. The van der Waals surface area contributed by atoms with E-state index in [1.165, 1.54) is 30.3 Å². The van der Waals surface area contributed by atoms with Gasteiger partial charge in [0.2, 0.25) is 0 Å². The predicted octanol–water partition coefficient (Wildman–Crippen LogP) is 3.51. The predicted molar refractivity (Wildman–Crippen MR) is 59.3 cm³/mol. The van der Waals surface area contributed by atoms with Gasteiger partial charge in [-0.15, -0.1) is 0 Å². The first-order chi connectivity index (χ1) is 8.53. The molecule has 0 aromatic heterocycles. The van der Waals surface area contributed by atoms with E-state index in [0.29, 0.717) is 0 Å². The van der Waals surface area contributed by atoms with Gasteiger partial charge in [0.25, 0.3) is 0 Å². The highest BCUT2D eigenvalue weighted by atomic mass is 19.3. The molecule has 1 aliphatic rings. The first-order valence-corrected chi connectivity index (χ1v) is 5.34. The molecule has 90 valence electrons. The van der Waals surface area contributed by atoms with Crippen LogP contribution in [0, 0.1) is 5.82 Å². The quantitative estimate of drug-likeness (QED) is 0.697. The third-order valence-electron chi connectivity index (χ3n) is 3.08. The number of halogens is 3. The van der Waals surface area contributed by atoms with Crippen molar-refractivity contribution in [3.8, 4) is 0 Å². The summed E-state index contributed by atoms with van der Waals surface area (Å²) in [6, 6.07) is 8.83. The van der Waals surface area contributed by atoms with Crippen LogP contribution in [0.1, 0.15) is 27.0 Å². The minimum absolute atomic E-state index is 0.0689. The minimum Gasteiger partial charge on any atom is -0.289 e. The Balaban J connectivity index is 2.41. The molecule has 0 aliphatic heterocycles. The average molecular weight is 248 g/mol. The molecule has 0 saturated carbocycles. The van der Waals surface area contributed by atoms with E-state index in [4.69, 9.17) is 0 Å². The van der Waals surface area contributed by atoms with Crippen molar-refractivity contribution >= 4 is 5.78 Å². The topological polar surface area (TPSA) is 17.1 Å². The number of rotatable bonds is 0. The SMILES string of the molecule is O=C1c2ccccc2C(F)(F)c2c(F)cccc21. The van der Waals surface area contributed by atoms with E-state index in [2.05, 4.69) is 0 Å². The lowest BCUT2D eigenvalue weighted by atomic mass is 9.82. The zero-order valence-corrected chi connectivity index (χ0v) is 9.08. The van der Waals surface area contributed by atoms with E-state index in [9.17, 15) is 18.0 Å². The molecule has 0 bridgehead atoms. The fourth-order valence-corrected chi connectivity index (χ4v) is 2.27. The van der Waals surface area contributed by atoms with Crippen LogP contribution in [0.5, 0.6) is 0 Å². The fraction of sp³-hybridized carbons (Fsp3) is 0.0714. The molecule has 3 rings (SSSR count). The van der Waals surface area contributed by atoms with E-state index in [1.807, 2.05) is 0 Å². The molecule has 1 nitrogen and oxygen atoms in total. The number of ketones is 1. The number of fused-ring (bicyclic) bond motifs is 2. The third kappa shape index (κ3) is 1.26. The average Bonchev–Trinajstić information content (AvgIpc) is 2.36. The van der Waals surface area contributed by atoms with Crippen molar-refractivity contribution in [2.24, 2.45) is 0 Å². The van der Waals surface area contributed by atoms with Crippen LogP contribution in [0.15, 0.2) is 42.5 Å². The summed E-state index contributed by atoms with van der Waals surface area (Å²) in [5, 5.41) is 0. The molecule has 2 aromatic carbocycles. The lowest BCUT2D eigenvalue weighted by molar-refractivity contribution is 0.0338. The highest BCUT2D eigenvalue weighted by molar-refractivity contribution is 6.12. The largest absolute Gasteiger partial charge is 0.302 e. The number of carbonyl (C=O) groups is 1. The van der Waals surface area contributed by atoms with Gasteiger partial charge in [-0.05, 0) is 6.07 Å². The van der Waals surface area contributed by atoms with Crippen molar-refractivity contribution in [1.29, 1.82) is 0 Å². The van der Waals surface area contributed by atoms with E-state index in [0.717, 1.165) is 12.1 Å². The van der Waals surface area contributed by atoms with Crippen LogP contribution >= 0.6 is 0 Å². The van der Waals surface area contributed by atoms with Crippen LogP contribution in [0.3, 0.4) is 0 Å². The molecule has 0 spiro atoms. The molecular weight excluding hydrogens is 241 g/mol. The van der Waals surface area contributed by atoms with Crippen LogP contribution in [0.25, 0.3) is 0 Å². The Hall–Kier alpha value is -2.10. The monoisotopic (exact) mass is 248 g/mol. The summed E-state index contributed by atoms with van der Waals surface area (Å²) in [4.78, 5) is 12.0. The van der Waals surface area contributed by atoms with E-state index >= 15 is 0 Å². The molecule has 1 aliphatic carbocycles. The van der Waals surface area contributed by atoms with Gasteiger partial charge in [-0.25, -0.2) is 4.39 Å². The summed E-state index contributed by atoms with van der Waals surface area (Å²) in [7, 11) is 0. The summed E-state index contributed by atoms with van der Waals surface area (Å²) in [6.45, 7) is 0. The Morgan fingerprint density at radius 2 is 1.56 bits per heavy atom. The van der Waals surface area contributed by atoms with Gasteiger partial charge in [-0.3, -0.25) is 4.79 Å². The zero-order chi connectivity index (χ0) is 12.9. The molecule has 0 heterocycles. The molecule has 0 fully saturated rings. The van der Waals surface area contributed by atoms with Crippen LogP contribution in [-0.2, 0) is 5.92 Å². The normalized spacial score (nSPS) is 16.1. The van der Waals surface area contributed by atoms with Gasteiger partial charge in [0, 0.05) is 16.7 Å². The van der Waals surface area contributed by atoms with Gasteiger partial charge in [0.15, 0.2) is 5.78 Å². The number of alkyl halides is 2. The Labute approximate surface area is 101 Å². The molecule has 0 unspecified atom stereocenters. The molecule has 18 heavy (non-hydrogen) atoms. The van der Waals surface area contributed by atoms with Crippen LogP contribution in [0.4, 0.5) is 13.2 Å². The van der Waals surface area contributed by atoms with Crippen molar-refractivity contribution in [2.45, 2.75) is 5.92 Å². The summed E-state index contributed by atoms with van der Waals surface area (Å²) in [5.41, 5.74) is -1.60. The van der Waals surface area contributed by atoms with E-state index in [1.54, 1.807) is 0 Å². The van der Waals surface area contributed by atoms with Gasteiger partial charge < -0.3 is 0 Å². The first kappa shape index (κ1) is 11.0. The molecule has 0 radical (unpaired) electrons. The Bertz CT molecular complexity index is 662. The maximum Gasteiger partial charge on any atom is 0.302 e. The van der Waals surface area contributed by atoms with Crippen molar-refractivity contribution < 1.29 is 18.0 Å². The number of carbonyl (C=O) groups excluding carboxylic acids is 1. The van der Waals surface area contributed by atoms with Crippen LogP contribution in [-0.4, -0.2) is 5.78 Å². The molecular formula is C14H7F3O. The molecule has 0 amide bonds. The summed E-state index contributed by atoms with van der Waals surface area (Å²) >= 11 is 0. The first-order valence-electron chi connectivity index (χ1n) is 5.34. The summed E-state index contributed by atoms with van der Waals surface area (Å²) < 4.78 is 42.1. The molecule has 2 aromatic rings. The Morgan fingerprint density at radius 1 is 0.889 bits per heavy atom. The minimum atomic E-state index is -3.48. The van der Waals surface area contributed by atoms with Gasteiger partial charge in [0.05, 0.1) is 5.56 Å². The molecule has 0 N–H and O–H groups in total. The highest BCUT2D eigenvalue weighted by Crippen LogP contribution is 2.44.